The van der Waals surface area contributed by atoms with Crippen molar-refractivity contribution in [2.75, 3.05) is 0 Å². The molecule has 5 heteroatoms. The van der Waals surface area contributed by atoms with E-state index in [1.54, 1.807) is 31.2 Å². The topological polar surface area (TPSA) is 75.4 Å². The van der Waals surface area contributed by atoms with E-state index in [-0.39, 0.29) is 23.8 Å². The van der Waals surface area contributed by atoms with E-state index in [2.05, 4.69) is 10.5 Å². The molecule has 88 valence electrons. The molecule has 0 aliphatic heterocycles. The molecule has 17 heavy (non-hydrogen) atoms. The number of aromatic nitrogens is 1. The van der Waals surface area contributed by atoms with Gasteiger partial charge >= 0.3 is 0 Å². The summed E-state index contributed by atoms with van der Waals surface area (Å²) in [6.07, 6.45) is 1.51. The second-order valence-electron chi connectivity index (χ2n) is 3.63. The van der Waals surface area contributed by atoms with Crippen LogP contribution in [0.3, 0.4) is 0 Å². The number of nitrogens with zero attached hydrogens (tertiary/aromatic N) is 1. The lowest BCUT2D eigenvalue weighted by Gasteiger charge is -2.06. The van der Waals surface area contributed by atoms with Gasteiger partial charge in [0.05, 0.1) is 18.3 Å². The zero-order chi connectivity index (χ0) is 12.3. The average molecular weight is 232 g/mol. The molecule has 0 unspecified atom stereocenters. The van der Waals surface area contributed by atoms with Gasteiger partial charge < -0.3 is 14.9 Å². The van der Waals surface area contributed by atoms with Crippen molar-refractivity contribution in [2.45, 2.75) is 13.5 Å². The first-order valence-corrected chi connectivity index (χ1v) is 5.15. The minimum atomic E-state index is -0.345. The van der Waals surface area contributed by atoms with E-state index in [1.807, 2.05) is 0 Å². The van der Waals surface area contributed by atoms with Gasteiger partial charge in [-0.3, -0.25) is 4.79 Å². The Hall–Kier alpha value is -2.30. The van der Waals surface area contributed by atoms with Crippen molar-refractivity contribution < 1.29 is 14.4 Å². The fourth-order valence-electron chi connectivity index (χ4n) is 1.44. The molecule has 0 saturated carbocycles. The summed E-state index contributed by atoms with van der Waals surface area (Å²) in [4.78, 5) is 11.8. The molecule has 5 nitrogen and oxygen atoms in total. The molecular weight excluding hydrogens is 220 g/mol. The van der Waals surface area contributed by atoms with Crippen LogP contribution >= 0.6 is 0 Å². The zero-order valence-electron chi connectivity index (χ0n) is 9.30. The van der Waals surface area contributed by atoms with Gasteiger partial charge in [0.1, 0.15) is 5.75 Å². The van der Waals surface area contributed by atoms with Crippen LogP contribution in [-0.2, 0) is 6.54 Å². The highest BCUT2D eigenvalue weighted by atomic mass is 16.5. The standard InChI is InChI=1S/C12H12N2O3/c1-8-3-2-4-10(11(8)15)12(16)13-7-9-5-6-14-17-9/h2-6,15H,7H2,1H3,(H,13,16). The molecule has 0 atom stereocenters. The first-order chi connectivity index (χ1) is 8.18. The largest absolute Gasteiger partial charge is 0.507 e. The van der Waals surface area contributed by atoms with E-state index < -0.39 is 0 Å². The summed E-state index contributed by atoms with van der Waals surface area (Å²) >= 11 is 0. The summed E-state index contributed by atoms with van der Waals surface area (Å²) in [6, 6.07) is 6.69. The number of rotatable bonds is 3. The maximum Gasteiger partial charge on any atom is 0.255 e. The Kier molecular flexibility index (Phi) is 3.09. The van der Waals surface area contributed by atoms with Crippen molar-refractivity contribution in [1.82, 2.24) is 10.5 Å². The molecule has 1 heterocycles. The number of aryl methyl sites for hydroxylation is 1. The highest BCUT2D eigenvalue weighted by molar-refractivity contribution is 5.97. The van der Waals surface area contributed by atoms with Crippen molar-refractivity contribution in [3.05, 3.63) is 47.3 Å². The molecule has 1 aromatic heterocycles. The predicted molar refractivity (Wildman–Crippen MR) is 60.5 cm³/mol. The van der Waals surface area contributed by atoms with Crippen molar-refractivity contribution in [1.29, 1.82) is 0 Å². The lowest BCUT2D eigenvalue weighted by atomic mass is 10.1. The van der Waals surface area contributed by atoms with Crippen LogP contribution in [-0.4, -0.2) is 16.2 Å². The number of phenols is 1. The lowest BCUT2D eigenvalue weighted by molar-refractivity contribution is 0.0944. The number of benzene rings is 1. The summed E-state index contributed by atoms with van der Waals surface area (Å²) in [6.45, 7) is 1.98. The summed E-state index contributed by atoms with van der Waals surface area (Å²) in [5, 5.41) is 15.9. The van der Waals surface area contributed by atoms with Crippen LogP contribution in [0.2, 0.25) is 0 Å². The minimum Gasteiger partial charge on any atom is -0.507 e. The number of aromatic hydroxyl groups is 1. The monoisotopic (exact) mass is 232 g/mol. The maximum atomic E-state index is 11.8. The number of amides is 1. The van der Waals surface area contributed by atoms with Gasteiger partial charge in [-0.05, 0) is 18.6 Å². The zero-order valence-corrected chi connectivity index (χ0v) is 9.30. The van der Waals surface area contributed by atoms with Crippen molar-refractivity contribution in [3.63, 3.8) is 0 Å². The van der Waals surface area contributed by atoms with Crippen LogP contribution in [0.15, 0.2) is 35.0 Å². The second kappa shape index (κ2) is 4.69. The van der Waals surface area contributed by atoms with Gasteiger partial charge in [0.2, 0.25) is 0 Å². The SMILES string of the molecule is Cc1cccc(C(=O)NCc2ccno2)c1O. The molecule has 2 N–H and O–H groups in total. The molecule has 0 spiro atoms. The number of phenolic OH excluding ortho intramolecular Hbond substituents is 1. The normalized spacial score (nSPS) is 10.2. The third-order valence-electron chi connectivity index (χ3n) is 2.40. The summed E-state index contributed by atoms with van der Waals surface area (Å²) < 4.78 is 4.85. The van der Waals surface area contributed by atoms with E-state index in [0.29, 0.717) is 11.3 Å². The van der Waals surface area contributed by atoms with E-state index in [4.69, 9.17) is 4.52 Å². The highest BCUT2D eigenvalue weighted by Gasteiger charge is 2.12. The molecule has 0 bridgehead atoms. The molecule has 2 aromatic rings. The van der Waals surface area contributed by atoms with Crippen molar-refractivity contribution in [3.8, 4) is 5.75 Å². The van der Waals surface area contributed by atoms with Crippen LogP contribution in [0, 0.1) is 6.92 Å². The second-order valence-corrected chi connectivity index (χ2v) is 3.63. The van der Waals surface area contributed by atoms with Crippen LogP contribution in [0.25, 0.3) is 0 Å². The summed E-state index contributed by atoms with van der Waals surface area (Å²) in [5.41, 5.74) is 0.918. The number of carbonyl (C=O) groups excluding carboxylic acids is 1. The van der Waals surface area contributed by atoms with E-state index >= 15 is 0 Å². The van der Waals surface area contributed by atoms with Gasteiger partial charge in [-0.15, -0.1) is 0 Å². The molecule has 1 aromatic carbocycles. The Bertz CT molecular complexity index is 521. The Morgan fingerprint density at radius 2 is 2.29 bits per heavy atom. The van der Waals surface area contributed by atoms with Gasteiger partial charge in [0, 0.05) is 6.07 Å². The number of nitrogens with one attached hydrogen (secondary N) is 1. The van der Waals surface area contributed by atoms with E-state index in [0.717, 1.165) is 0 Å². The number of carbonyl (C=O) groups is 1. The predicted octanol–water partition coefficient (Wildman–Crippen LogP) is 1.62. The molecule has 2 rings (SSSR count). The van der Waals surface area contributed by atoms with Gasteiger partial charge in [-0.1, -0.05) is 17.3 Å². The minimum absolute atomic E-state index is 0.00238. The van der Waals surface area contributed by atoms with Crippen LogP contribution in [0.4, 0.5) is 0 Å². The molecule has 0 fully saturated rings. The fraction of sp³-hybridized carbons (Fsp3) is 0.167. The van der Waals surface area contributed by atoms with Crippen LogP contribution in [0.5, 0.6) is 5.75 Å². The molecule has 0 aliphatic carbocycles. The first-order valence-electron chi connectivity index (χ1n) is 5.15. The van der Waals surface area contributed by atoms with E-state index in [1.165, 1.54) is 6.20 Å². The molecule has 0 saturated heterocycles. The highest BCUT2D eigenvalue weighted by Crippen LogP contribution is 2.21. The van der Waals surface area contributed by atoms with Gasteiger partial charge in [-0.25, -0.2) is 0 Å². The summed E-state index contributed by atoms with van der Waals surface area (Å²) in [5.74, 6) is 0.218. The maximum absolute atomic E-state index is 11.8. The smallest absolute Gasteiger partial charge is 0.255 e. The Morgan fingerprint density at radius 1 is 1.47 bits per heavy atom. The van der Waals surface area contributed by atoms with E-state index in [9.17, 15) is 9.90 Å². The Morgan fingerprint density at radius 3 is 3.00 bits per heavy atom. The number of hydrogen-bond donors (Lipinski definition) is 2. The van der Waals surface area contributed by atoms with Crippen LogP contribution in [0.1, 0.15) is 21.7 Å². The molecule has 1 amide bonds. The van der Waals surface area contributed by atoms with Crippen molar-refractivity contribution >= 4 is 5.91 Å². The Balaban J connectivity index is 2.07. The fourth-order valence-corrected chi connectivity index (χ4v) is 1.44. The third-order valence-corrected chi connectivity index (χ3v) is 2.40. The van der Waals surface area contributed by atoms with Gasteiger partial charge in [0.25, 0.3) is 5.91 Å². The first kappa shape index (κ1) is 11.2. The lowest BCUT2D eigenvalue weighted by Crippen LogP contribution is -2.22. The number of hydrogen-bond acceptors (Lipinski definition) is 4. The third kappa shape index (κ3) is 2.44. The Labute approximate surface area is 98.1 Å². The van der Waals surface area contributed by atoms with Gasteiger partial charge in [-0.2, -0.15) is 0 Å². The quantitative estimate of drug-likeness (QED) is 0.843. The van der Waals surface area contributed by atoms with Crippen LogP contribution < -0.4 is 5.32 Å². The average Bonchev–Trinajstić information content (AvgIpc) is 2.82. The van der Waals surface area contributed by atoms with Gasteiger partial charge in [0.15, 0.2) is 5.76 Å². The molecular formula is C12H12N2O3. The molecule has 0 aliphatic rings. The molecule has 0 radical (unpaired) electrons. The summed E-state index contributed by atoms with van der Waals surface area (Å²) in [7, 11) is 0. The van der Waals surface area contributed by atoms with Crippen molar-refractivity contribution in [2.24, 2.45) is 0 Å². The number of para-hydroxylation sites is 1.